The lowest BCUT2D eigenvalue weighted by atomic mass is 9.84. The summed E-state index contributed by atoms with van der Waals surface area (Å²) in [6.45, 7) is 2.05. The third-order valence-corrected chi connectivity index (χ3v) is 4.61. The molecule has 0 saturated heterocycles. The van der Waals surface area contributed by atoms with Crippen molar-refractivity contribution in [2.24, 2.45) is 17.8 Å². The molecule has 1 aromatic rings. The summed E-state index contributed by atoms with van der Waals surface area (Å²) in [5, 5.41) is 18.6. The third-order valence-electron chi connectivity index (χ3n) is 4.61. The third kappa shape index (κ3) is 2.72. The van der Waals surface area contributed by atoms with Gasteiger partial charge in [0.2, 0.25) is 0 Å². The Labute approximate surface area is 122 Å². The number of hydrogen-bond donors (Lipinski definition) is 3. The highest BCUT2D eigenvalue weighted by atomic mass is 16.5. The number of aryl methyl sites for hydroxylation is 1. The normalized spacial score (nSPS) is 30.3. The van der Waals surface area contributed by atoms with Crippen molar-refractivity contribution < 1.29 is 19.2 Å². The maximum atomic E-state index is 12.0. The fourth-order valence-corrected chi connectivity index (χ4v) is 3.73. The SMILES string of the molecule is Cc1cc(CNC(=O)NC2C3CCC(C3)C2C(=O)O)no1. The van der Waals surface area contributed by atoms with Gasteiger partial charge in [0.25, 0.3) is 0 Å². The van der Waals surface area contributed by atoms with Crippen LogP contribution in [0.15, 0.2) is 10.6 Å². The lowest BCUT2D eigenvalue weighted by molar-refractivity contribution is -0.144. The Morgan fingerprint density at radius 2 is 2.19 bits per heavy atom. The molecule has 7 nitrogen and oxygen atoms in total. The van der Waals surface area contributed by atoms with Crippen molar-refractivity contribution in [2.45, 2.75) is 38.8 Å². The van der Waals surface area contributed by atoms with Gasteiger partial charge in [0.15, 0.2) is 0 Å². The van der Waals surface area contributed by atoms with Crippen LogP contribution in [0, 0.1) is 24.7 Å². The summed E-state index contributed by atoms with van der Waals surface area (Å²) in [7, 11) is 0. The number of rotatable bonds is 4. The molecule has 2 bridgehead atoms. The lowest BCUT2D eigenvalue weighted by Gasteiger charge is -2.28. The molecule has 3 rings (SSSR count). The van der Waals surface area contributed by atoms with E-state index in [4.69, 9.17) is 4.52 Å². The van der Waals surface area contributed by atoms with Crippen molar-refractivity contribution in [3.63, 3.8) is 0 Å². The van der Waals surface area contributed by atoms with E-state index in [1.54, 1.807) is 13.0 Å². The van der Waals surface area contributed by atoms with Gasteiger partial charge in [0, 0.05) is 12.1 Å². The maximum absolute atomic E-state index is 12.0. The highest BCUT2D eigenvalue weighted by Crippen LogP contribution is 2.48. The highest BCUT2D eigenvalue weighted by molar-refractivity contribution is 5.77. The Kier molecular flexibility index (Phi) is 3.57. The second kappa shape index (κ2) is 5.38. The van der Waals surface area contributed by atoms with E-state index in [-0.39, 0.29) is 30.5 Å². The number of aliphatic carboxylic acids is 1. The number of nitrogens with one attached hydrogen (secondary N) is 2. The fraction of sp³-hybridized carbons (Fsp3) is 0.643. The monoisotopic (exact) mass is 293 g/mol. The maximum Gasteiger partial charge on any atom is 0.315 e. The van der Waals surface area contributed by atoms with Gasteiger partial charge in [-0.15, -0.1) is 0 Å². The summed E-state index contributed by atoms with van der Waals surface area (Å²) in [4.78, 5) is 23.3. The molecule has 2 aliphatic rings. The Hall–Kier alpha value is -2.05. The van der Waals surface area contributed by atoms with Crippen molar-refractivity contribution in [3.05, 3.63) is 17.5 Å². The zero-order valence-corrected chi connectivity index (χ0v) is 11.8. The molecule has 1 heterocycles. The van der Waals surface area contributed by atoms with E-state index >= 15 is 0 Å². The number of carbonyl (C=O) groups excluding carboxylic acids is 1. The minimum absolute atomic E-state index is 0.205. The van der Waals surface area contributed by atoms with Crippen LogP contribution in [0.4, 0.5) is 4.79 Å². The van der Waals surface area contributed by atoms with Gasteiger partial charge in [-0.25, -0.2) is 4.79 Å². The Morgan fingerprint density at radius 3 is 2.86 bits per heavy atom. The predicted molar refractivity (Wildman–Crippen MR) is 72.4 cm³/mol. The van der Waals surface area contributed by atoms with Gasteiger partial charge < -0.3 is 20.3 Å². The molecule has 114 valence electrons. The minimum atomic E-state index is -0.806. The van der Waals surface area contributed by atoms with Crippen LogP contribution >= 0.6 is 0 Å². The van der Waals surface area contributed by atoms with Gasteiger partial charge in [0.1, 0.15) is 11.5 Å². The number of urea groups is 1. The van der Waals surface area contributed by atoms with Gasteiger partial charge in [-0.1, -0.05) is 5.16 Å². The molecule has 2 saturated carbocycles. The number of amides is 2. The smallest absolute Gasteiger partial charge is 0.315 e. The van der Waals surface area contributed by atoms with E-state index in [0.29, 0.717) is 11.5 Å². The number of hydrogen-bond acceptors (Lipinski definition) is 4. The number of fused-ring (bicyclic) bond motifs is 2. The van der Waals surface area contributed by atoms with E-state index in [9.17, 15) is 14.7 Å². The molecule has 0 aliphatic heterocycles. The molecule has 2 fully saturated rings. The summed E-state index contributed by atoms with van der Waals surface area (Å²) in [5.41, 5.74) is 0.644. The summed E-state index contributed by atoms with van der Waals surface area (Å²) < 4.78 is 4.92. The highest BCUT2D eigenvalue weighted by Gasteiger charge is 2.51. The first-order valence-electron chi connectivity index (χ1n) is 7.24. The molecule has 0 spiro atoms. The van der Waals surface area contributed by atoms with Gasteiger partial charge in [-0.05, 0) is 38.0 Å². The van der Waals surface area contributed by atoms with Gasteiger partial charge in [-0.3, -0.25) is 4.79 Å². The number of carboxylic acid groups (broad SMARTS) is 1. The van der Waals surface area contributed by atoms with Crippen LogP contribution in [0.5, 0.6) is 0 Å². The first-order chi connectivity index (χ1) is 10.0. The Balaban J connectivity index is 1.55. The van der Waals surface area contributed by atoms with Gasteiger partial charge >= 0.3 is 12.0 Å². The van der Waals surface area contributed by atoms with Gasteiger partial charge in [0.05, 0.1) is 12.5 Å². The van der Waals surface area contributed by atoms with Crippen LogP contribution in [-0.4, -0.2) is 28.3 Å². The van der Waals surface area contributed by atoms with E-state index < -0.39 is 11.9 Å². The predicted octanol–water partition coefficient (Wildman–Crippen LogP) is 1.28. The summed E-state index contributed by atoms with van der Waals surface area (Å²) in [5.74, 6) is -0.0817. The van der Waals surface area contributed by atoms with Gasteiger partial charge in [-0.2, -0.15) is 0 Å². The average molecular weight is 293 g/mol. The van der Waals surface area contributed by atoms with E-state index in [0.717, 1.165) is 19.3 Å². The average Bonchev–Trinajstić information content (AvgIpc) is 3.11. The summed E-state index contributed by atoms with van der Waals surface area (Å²) >= 11 is 0. The quantitative estimate of drug-likeness (QED) is 0.775. The van der Waals surface area contributed by atoms with Crippen LogP contribution < -0.4 is 10.6 Å². The van der Waals surface area contributed by atoms with Crippen LogP contribution in [0.3, 0.4) is 0 Å². The molecule has 21 heavy (non-hydrogen) atoms. The zero-order valence-electron chi connectivity index (χ0n) is 11.8. The molecule has 2 aliphatic carbocycles. The molecule has 7 heteroatoms. The summed E-state index contributed by atoms with van der Waals surface area (Å²) in [6, 6.07) is 1.14. The number of aromatic nitrogens is 1. The molecule has 4 unspecified atom stereocenters. The topological polar surface area (TPSA) is 104 Å². The fourth-order valence-electron chi connectivity index (χ4n) is 3.73. The van der Waals surface area contributed by atoms with Crippen molar-refractivity contribution in [3.8, 4) is 0 Å². The molecule has 2 amide bonds. The Morgan fingerprint density at radius 1 is 1.43 bits per heavy atom. The molecule has 1 aromatic heterocycles. The first-order valence-corrected chi connectivity index (χ1v) is 7.24. The number of carboxylic acids is 1. The largest absolute Gasteiger partial charge is 0.481 e. The van der Waals surface area contributed by atoms with Crippen LogP contribution in [0.1, 0.15) is 30.7 Å². The van der Waals surface area contributed by atoms with Crippen molar-refractivity contribution in [1.29, 1.82) is 0 Å². The van der Waals surface area contributed by atoms with Crippen LogP contribution in [0.25, 0.3) is 0 Å². The zero-order chi connectivity index (χ0) is 15.0. The van der Waals surface area contributed by atoms with Crippen LogP contribution in [-0.2, 0) is 11.3 Å². The lowest BCUT2D eigenvalue weighted by Crippen LogP contribution is -2.50. The van der Waals surface area contributed by atoms with Crippen molar-refractivity contribution in [1.82, 2.24) is 15.8 Å². The van der Waals surface area contributed by atoms with Crippen molar-refractivity contribution in [2.75, 3.05) is 0 Å². The van der Waals surface area contributed by atoms with E-state index in [2.05, 4.69) is 15.8 Å². The summed E-state index contributed by atoms with van der Waals surface area (Å²) in [6.07, 6.45) is 2.87. The standard InChI is InChI=1S/C14H19N3O4/c1-7-4-10(17-21-7)6-15-14(20)16-12-9-3-2-8(5-9)11(12)13(18)19/h4,8-9,11-12H,2-3,5-6H2,1H3,(H,18,19)(H2,15,16,20). The minimum Gasteiger partial charge on any atom is -0.481 e. The molecule has 0 aromatic carbocycles. The van der Waals surface area contributed by atoms with E-state index in [1.807, 2.05) is 0 Å². The van der Waals surface area contributed by atoms with Crippen molar-refractivity contribution >= 4 is 12.0 Å². The molecule has 4 atom stereocenters. The van der Waals surface area contributed by atoms with E-state index in [1.165, 1.54) is 0 Å². The molecule has 3 N–H and O–H groups in total. The second-order valence-electron chi connectivity index (χ2n) is 5.98. The molecular weight excluding hydrogens is 274 g/mol. The first kappa shape index (κ1) is 13.9. The molecule has 0 radical (unpaired) electrons. The second-order valence-corrected chi connectivity index (χ2v) is 5.98. The van der Waals surface area contributed by atoms with Crippen LogP contribution in [0.2, 0.25) is 0 Å². The molecular formula is C14H19N3O4. The number of nitrogens with zero attached hydrogens (tertiary/aromatic N) is 1. The Bertz CT molecular complexity index is 556. The number of carbonyl (C=O) groups is 2.